The third-order valence-electron chi connectivity index (χ3n) is 5.29. The van der Waals surface area contributed by atoms with E-state index < -0.39 is 18.0 Å². The van der Waals surface area contributed by atoms with Gasteiger partial charge in [0, 0.05) is 11.3 Å². The molecule has 30 heavy (non-hydrogen) atoms. The van der Waals surface area contributed by atoms with Crippen LogP contribution in [0.15, 0.2) is 47.1 Å². The average molecular weight is 423 g/mol. The zero-order chi connectivity index (χ0) is 20.8. The van der Waals surface area contributed by atoms with Gasteiger partial charge in [0.25, 0.3) is 5.91 Å². The summed E-state index contributed by atoms with van der Waals surface area (Å²) in [5.41, 5.74) is 2.96. The monoisotopic (exact) mass is 423 g/mol. The number of rotatable bonds is 4. The number of hydrogen-bond donors (Lipinski definition) is 2. The fraction of sp³-hybridized carbons (Fsp3) is 0.250. The Hall–Kier alpha value is -3.40. The lowest BCUT2D eigenvalue weighted by Crippen LogP contribution is -2.51. The fourth-order valence-electron chi connectivity index (χ4n) is 3.77. The predicted molar refractivity (Wildman–Crippen MR) is 110 cm³/mol. The summed E-state index contributed by atoms with van der Waals surface area (Å²) >= 11 is 1.55. The molecule has 2 aromatic carbocycles. The highest BCUT2D eigenvalue weighted by molar-refractivity contribution is 7.99. The maximum atomic E-state index is 12.9. The molecule has 3 unspecified atom stereocenters. The first-order valence-corrected chi connectivity index (χ1v) is 10.4. The molecule has 0 saturated carbocycles. The first-order valence-electron chi connectivity index (χ1n) is 9.40. The van der Waals surface area contributed by atoms with E-state index in [1.54, 1.807) is 47.9 Å². The maximum absolute atomic E-state index is 12.9. The van der Waals surface area contributed by atoms with Crippen LogP contribution in [0.3, 0.4) is 0 Å². The van der Waals surface area contributed by atoms with Gasteiger partial charge in [-0.25, -0.2) is 4.63 Å². The highest BCUT2D eigenvalue weighted by atomic mass is 32.2. The Kier molecular flexibility index (Phi) is 4.43. The smallest absolute Gasteiger partial charge is 0.256 e. The molecule has 2 aliphatic rings. The highest BCUT2D eigenvalue weighted by Gasteiger charge is 2.48. The van der Waals surface area contributed by atoms with E-state index in [0.717, 1.165) is 5.56 Å². The van der Waals surface area contributed by atoms with Crippen molar-refractivity contribution in [2.45, 2.75) is 24.4 Å². The zero-order valence-electron chi connectivity index (χ0n) is 15.9. The summed E-state index contributed by atoms with van der Waals surface area (Å²) in [4.78, 5) is 39.9. The zero-order valence-corrected chi connectivity index (χ0v) is 16.7. The quantitative estimate of drug-likeness (QED) is 0.658. The summed E-state index contributed by atoms with van der Waals surface area (Å²) in [5.74, 6) is -0.426. The van der Waals surface area contributed by atoms with E-state index in [2.05, 4.69) is 20.9 Å². The number of carbonyl (C=O) groups excluding carboxylic acids is 3. The Bertz CT molecular complexity index is 1180. The molecular formula is C20H17N5O4S. The van der Waals surface area contributed by atoms with Gasteiger partial charge in [0.15, 0.2) is 5.52 Å². The van der Waals surface area contributed by atoms with Gasteiger partial charge in [0.05, 0.1) is 5.69 Å². The number of nitrogens with zero attached hydrogens (tertiary/aromatic N) is 3. The van der Waals surface area contributed by atoms with Crippen molar-refractivity contribution in [3.63, 3.8) is 0 Å². The standard InChI is InChI=1S/C20H17N5O4S/c1-10(17(26)22-13-7-4-8-14-16(13)24-29-23-14)21-18(27)15-9-30-20-12-6-3-2-5-11(12)19(28)25(15)20/h2-8,10,15,20H,9H2,1H3,(H,21,27)(H,22,26). The SMILES string of the molecule is CC(NC(=O)C1CSC2c3ccccc3C(=O)N12)C(=O)Nc1cccc2nonc12. The van der Waals surface area contributed by atoms with Crippen molar-refractivity contribution >= 4 is 46.2 Å². The van der Waals surface area contributed by atoms with Gasteiger partial charge < -0.3 is 15.5 Å². The summed E-state index contributed by atoms with van der Waals surface area (Å²) in [6.45, 7) is 1.59. The Balaban J connectivity index is 1.27. The van der Waals surface area contributed by atoms with Crippen molar-refractivity contribution in [3.05, 3.63) is 53.6 Å². The first-order chi connectivity index (χ1) is 14.5. The number of amides is 3. The van der Waals surface area contributed by atoms with Crippen molar-refractivity contribution in [2.75, 3.05) is 11.1 Å². The Morgan fingerprint density at radius 3 is 2.90 bits per heavy atom. The fourth-order valence-corrected chi connectivity index (χ4v) is 5.23. The molecule has 3 amide bonds. The maximum Gasteiger partial charge on any atom is 0.256 e. The molecular weight excluding hydrogens is 406 g/mol. The number of fused-ring (bicyclic) bond motifs is 4. The van der Waals surface area contributed by atoms with Crippen LogP contribution in [0.4, 0.5) is 5.69 Å². The molecule has 1 fully saturated rings. The van der Waals surface area contributed by atoms with Gasteiger partial charge in [-0.05, 0) is 41.0 Å². The molecule has 5 rings (SSSR count). The minimum Gasteiger partial charge on any atom is -0.343 e. The molecule has 1 aromatic heterocycles. The second-order valence-electron chi connectivity index (χ2n) is 7.16. The number of aromatic nitrogens is 2. The third-order valence-corrected chi connectivity index (χ3v) is 6.60. The van der Waals surface area contributed by atoms with Crippen LogP contribution in [-0.2, 0) is 9.59 Å². The van der Waals surface area contributed by atoms with E-state index in [1.165, 1.54) is 0 Å². The number of benzene rings is 2. The molecule has 0 radical (unpaired) electrons. The van der Waals surface area contributed by atoms with Crippen LogP contribution in [0.25, 0.3) is 11.0 Å². The molecule has 1 saturated heterocycles. The molecule has 3 heterocycles. The van der Waals surface area contributed by atoms with Gasteiger partial charge in [-0.15, -0.1) is 11.8 Å². The van der Waals surface area contributed by atoms with Gasteiger partial charge in [-0.2, -0.15) is 0 Å². The molecule has 0 bridgehead atoms. The van der Waals surface area contributed by atoms with Crippen LogP contribution < -0.4 is 10.6 Å². The van der Waals surface area contributed by atoms with Crippen LogP contribution in [0.1, 0.15) is 28.2 Å². The number of nitrogens with one attached hydrogen (secondary N) is 2. The average Bonchev–Trinajstić information content (AvgIpc) is 3.45. The lowest BCUT2D eigenvalue weighted by atomic mass is 10.1. The van der Waals surface area contributed by atoms with Gasteiger partial charge in [-0.3, -0.25) is 14.4 Å². The molecule has 10 heteroatoms. The molecule has 3 aromatic rings. The highest BCUT2D eigenvalue weighted by Crippen LogP contribution is 2.48. The molecule has 2 N–H and O–H groups in total. The van der Waals surface area contributed by atoms with Crippen LogP contribution in [0.2, 0.25) is 0 Å². The lowest BCUT2D eigenvalue weighted by Gasteiger charge is -2.24. The summed E-state index contributed by atoms with van der Waals surface area (Å²) in [5, 5.41) is 12.8. The number of hydrogen-bond acceptors (Lipinski definition) is 7. The van der Waals surface area contributed by atoms with Crippen LogP contribution in [0, 0.1) is 0 Å². The Morgan fingerprint density at radius 1 is 1.20 bits per heavy atom. The molecule has 0 aliphatic carbocycles. The number of anilines is 1. The van der Waals surface area contributed by atoms with Gasteiger partial charge in [0.2, 0.25) is 11.8 Å². The second kappa shape index (κ2) is 7.13. The van der Waals surface area contributed by atoms with Gasteiger partial charge in [-0.1, -0.05) is 24.3 Å². The molecule has 3 atom stereocenters. The topological polar surface area (TPSA) is 117 Å². The molecule has 9 nitrogen and oxygen atoms in total. The van der Waals surface area contributed by atoms with Crippen molar-refractivity contribution in [1.29, 1.82) is 0 Å². The van der Waals surface area contributed by atoms with Gasteiger partial charge in [0.1, 0.15) is 23.0 Å². The van der Waals surface area contributed by atoms with Crippen molar-refractivity contribution in [2.24, 2.45) is 0 Å². The lowest BCUT2D eigenvalue weighted by molar-refractivity contribution is -0.128. The van der Waals surface area contributed by atoms with Gasteiger partial charge >= 0.3 is 0 Å². The van der Waals surface area contributed by atoms with E-state index in [-0.39, 0.29) is 17.2 Å². The van der Waals surface area contributed by atoms with E-state index in [0.29, 0.717) is 28.0 Å². The number of carbonyl (C=O) groups is 3. The first kappa shape index (κ1) is 18.6. The van der Waals surface area contributed by atoms with Crippen LogP contribution >= 0.6 is 11.8 Å². The summed E-state index contributed by atoms with van der Waals surface area (Å²) in [6.07, 6.45) is 0. The van der Waals surface area contributed by atoms with Crippen LogP contribution in [-0.4, -0.2) is 50.8 Å². The van der Waals surface area contributed by atoms with Crippen molar-refractivity contribution in [1.82, 2.24) is 20.5 Å². The predicted octanol–water partition coefficient (Wildman–Crippen LogP) is 1.94. The summed E-state index contributed by atoms with van der Waals surface area (Å²) in [7, 11) is 0. The second-order valence-corrected chi connectivity index (χ2v) is 8.27. The minimum atomic E-state index is -0.809. The molecule has 152 valence electrons. The minimum absolute atomic E-state index is 0.150. The molecule has 2 aliphatic heterocycles. The van der Waals surface area contributed by atoms with E-state index in [1.807, 2.05) is 18.2 Å². The third kappa shape index (κ3) is 2.91. The largest absolute Gasteiger partial charge is 0.343 e. The number of thioether (sulfide) groups is 1. The normalized spacial score (nSPS) is 20.7. The van der Waals surface area contributed by atoms with Crippen LogP contribution in [0.5, 0.6) is 0 Å². The summed E-state index contributed by atoms with van der Waals surface area (Å²) in [6, 6.07) is 11.1. The molecule has 0 spiro atoms. The van der Waals surface area contributed by atoms with E-state index in [9.17, 15) is 14.4 Å². The Morgan fingerprint density at radius 2 is 2.03 bits per heavy atom. The van der Waals surface area contributed by atoms with Crippen molar-refractivity contribution in [3.8, 4) is 0 Å². The Labute approximate surface area is 175 Å². The van der Waals surface area contributed by atoms with E-state index in [4.69, 9.17) is 4.63 Å². The van der Waals surface area contributed by atoms with Crippen molar-refractivity contribution < 1.29 is 19.0 Å². The van der Waals surface area contributed by atoms with E-state index >= 15 is 0 Å². The summed E-state index contributed by atoms with van der Waals surface area (Å²) < 4.78 is 4.70.